The van der Waals surface area contributed by atoms with Crippen molar-refractivity contribution in [3.63, 3.8) is 0 Å². The third-order valence-corrected chi connectivity index (χ3v) is 3.84. The SMILES string of the molecule is O=C(C1CN(c2ncc(Cl)cn2)CCO1)N1CCCC1. The molecule has 7 heteroatoms. The number of amides is 1. The summed E-state index contributed by atoms with van der Waals surface area (Å²) < 4.78 is 5.61. The maximum Gasteiger partial charge on any atom is 0.253 e. The second-order valence-corrected chi connectivity index (χ2v) is 5.48. The van der Waals surface area contributed by atoms with Crippen LogP contribution in [0.15, 0.2) is 12.4 Å². The average molecular weight is 297 g/mol. The summed E-state index contributed by atoms with van der Waals surface area (Å²) in [5.74, 6) is 0.679. The second kappa shape index (κ2) is 5.93. The zero-order valence-electron chi connectivity index (χ0n) is 11.2. The molecule has 2 saturated heterocycles. The van der Waals surface area contributed by atoms with Crippen LogP contribution in [0, 0.1) is 0 Å². The molecule has 0 radical (unpaired) electrons. The quantitative estimate of drug-likeness (QED) is 0.813. The number of morpholine rings is 1. The fraction of sp³-hybridized carbons (Fsp3) is 0.615. The van der Waals surface area contributed by atoms with E-state index in [0.29, 0.717) is 30.7 Å². The number of carbonyl (C=O) groups excluding carboxylic acids is 1. The van der Waals surface area contributed by atoms with Crippen molar-refractivity contribution in [2.75, 3.05) is 37.7 Å². The van der Waals surface area contributed by atoms with Crippen LogP contribution in [-0.2, 0) is 9.53 Å². The number of hydrogen-bond donors (Lipinski definition) is 0. The van der Waals surface area contributed by atoms with E-state index in [1.165, 1.54) is 0 Å². The van der Waals surface area contributed by atoms with E-state index in [0.717, 1.165) is 25.9 Å². The predicted molar refractivity (Wildman–Crippen MR) is 74.8 cm³/mol. The molecule has 3 heterocycles. The summed E-state index contributed by atoms with van der Waals surface area (Å²) in [5, 5.41) is 0.506. The van der Waals surface area contributed by atoms with Crippen LogP contribution in [0.2, 0.25) is 5.02 Å². The van der Waals surface area contributed by atoms with Crippen LogP contribution in [0.4, 0.5) is 5.95 Å². The summed E-state index contributed by atoms with van der Waals surface area (Å²) >= 11 is 5.79. The molecule has 0 bridgehead atoms. The van der Waals surface area contributed by atoms with Crippen LogP contribution < -0.4 is 4.90 Å². The number of aromatic nitrogens is 2. The highest BCUT2D eigenvalue weighted by molar-refractivity contribution is 6.30. The second-order valence-electron chi connectivity index (χ2n) is 5.04. The van der Waals surface area contributed by atoms with E-state index in [2.05, 4.69) is 9.97 Å². The molecule has 108 valence electrons. The van der Waals surface area contributed by atoms with Gasteiger partial charge in [-0.15, -0.1) is 0 Å². The summed E-state index contributed by atoms with van der Waals surface area (Å²) in [4.78, 5) is 24.6. The Balaban J connectivity index is 1.66. The molecule has 1 amide bonds. The molecule has 1 atom stereocenters. The third kappa shape index (κ3) is 2.86. The van der Waals surface area contributed by atoms with E-state index in [4.69, 9.17) is 16.3 Å². The first-order valence-corrected chi connectivity index (χ1v) is 7.25. The Morgan fingerprint density at radius 2 is 1.95 bits per heavy atom. The van der Waals surface area contributed by atoms with Crippen LogP contribution in [0.3, 0.4) is 0 Å². The molecule has 0 saturated carbocycles. The van der Waals surface area contributed by atoms with Crippen molar-refractivity contribution in [2.24, 2.45) is 0 Å². The first-order valence-electron chi connectivity index (χ1n) is 6.87. The van der Waals surface area contributed by atoms with Gasteiger partial charge in [0.15, 0.2) is 6.10 Å². The molecule has 1 unspecified atom stereocenters. The van der Waals surface area contributed by atoms with E-state index in [1.54, 1.807) is 12.4 Å². The zero-order chi connectivity index (χ0) is 13.9. The molecule has 1 aromatic heterocycles. The lowest BCUT2D eigenvalue weighted by atomic mass is 10.2. The van der Waals surface area contributed by atoms with Crippen LogP contribution in [0.5, 0.6) is 0 Å². The van der Waals surface area contributed by atoms with Crippen molar-refractivity contribution in [2.45, 2.75) is 18.9 Å². The van der Waals surface area contributed by atoms with E-state index in [9.17, 15) is 4.79 Å². The van der Waals surface area contributed by atoms with Crippen molar-refractivity contribution < 1.29 is 9.53 Å². The van der Waals surface area contributed by atoms with Crippen LogP contribution in [0.25, 0.3) is 0 Å². The van der Waals surface area contributed by atoms with Gasteiger partial charge in [0.05, 0.1) is 30.6 Å². The van der Waals surface area contributed by atoms with Crippen molar-refractivity contribution >= 4 is 23.5 Å². The van der Waals surface area contributed by atoms with Gasteiger partial charge >= 0.3 is 0 Å². The molecule has 0 aromatic carbocycles. The molecule has 1 aromatic rings. The number of anilines is 1. The summed E-state index contributed by atoms with van der Waals surface area (Å²) in [6, 6.07) is 0. The molecular formula is C13H17ClN4O2. The van der Waals surface area contributed by atoms with Gasteiger partial charge in [0.2, 0.25) is 5.95 Å². The minimum Gasteiger partial charge on any atom is -0.365 e. The Bertz CT molecular complexity index is 476. The number of carbonyl (C=O) groups is 1. The summed E-state index contributed by atoms with van der Waals surface area (Å²) in [5.41, 5.74) is 0. The fourth-order valence-corrected chi connectivity index (χ4v) is 2.69. The fourth-order valence-electron chi connectivity index (χ4n) is 2.59. The largest absolute Gasteiger partial charge is 0.365 e. The maximum absolute atomic E-state index is 12.3. The van der Waals surface area contributed by atoms with Crippen LogP contribution >= 0.6 is 11.6 Å². The van der Waals surface area contributed by atoms with Gasteiger partial charge in [0, 0.05) is 19.6 Å². The highest BCUT2D eigenvalue weighted by Crippen LogP contribution is 2.17. The minimum absolute atomic E-state index is 0.0844. The number of halogens is 1. The predicted octanol–water partition coefficient (Wildman–Crippen LogP) is 0.958. The van der Waals surface area contributed by atoms with E-state index >= 15 is 0 Å². The normalized spacial score (nSPS) is 23.1. The smallest absolute Gasteiger partial charge is 0.253 e. The van der Waals surface area contributed by atoms with Crippen molar-refractivity contribution in [3.8, 4) is 0 Å². The summed E-state index contributed by atoms with van der Waals surface area (Å²) in [6.07, 6.45) is 4.89. The molecule has 3 rings (SSSR count). The van der Waals surface area contributed by atoms with Gasteiger partial charge in [0.25, 0.3) is 5.91 Å². The van der Waals surface area contributed by atoms with Gasteiger partial charge in [0.1, 0.15) is 0 Å². The number of nitrogens with zero attached hydrogens (tertiary/aromatic N) is 4. The van der Waals surface area contributed by atoms with Gasteiger partial charge in [-0.2, -0.15) is 0 Å². The zero-order valence-corrected chi connectivity index (χ0v) is 11.9. The Morgan fingerprint density at radius 1 is 1.25 bits per heavy atom. The van der Waals surface area contributed by atoms with E-state index < -0.39 is 6.10 Å². The Kier molecular flexibility index (Phi) is 4.03. The Hall–Kier alpha value is -1.40. The average Bonchev–Trinajstić information content (AvgIpc) is 3.01. The van der Waals surface area contributed by atoms with E-state index in [1.807, 2.05) is 9.80 Å². The molecular weight excluding hydrogens is 280 g/mol. The molecule has 6 nitrogen and oxygen atoms in total. The maximum atomic E-state index is 12.3. The Labute approximate surface area is 122 Å². The van der Waals surface area contributed by atoms with Crippen molar-refractivity contribution in [1.29, 1.82) is 0 Å². The molecule has 20 heavy (non-hydrogen) atoms. The van der Waals surface area contributed by atoms with Gasteiger partial charge in [-0.1, -0.05) is 11.6 Å². The molecule has 0 N–H and O–H groups in total. The molecule has 2 fully saturated rings. The minimum atomic E-state index is -0.416. The van der Waals surface area contributed by atoms with Crippen molar-refractivity contribution in [3.05, 3.63) is 17.4 Å². The standard InChI is InChI=1S/C13H17ClN4O2/c14-10-7-15-13(16-8-10)18-5-6-20-11(9-18)12(19)17-3-1-2-4-17/h7-8,11H,1-6,9H2. The van der Waals surface area contributed by atoms with Gasteiger partial charge in [-0.05, 0) is 12.8 Å². The number of ether oxygens (including phenoxy) is 1. The van der Waals surface area contributed by atoms with Gasteiger partial charge < -0.3 is 14.5 Å². The third-order valence-electron chi connectivity index (χ3n) is 3.65. The van der Waals surface area contributed by atoms with Crippen LogP contribution in [0.1, 0.15) is 12.8 Å². The first-order chi connectivity index (χ1) is 9.74. The molecule has 2 aliphatic rings. The molecule has 0 aliphatic carbocycles. The lowest BCUT2D eigenvalue weighted by Crippen LogP contribution is -2.51. The topological polar surface area (TPSA) is 58.6 Å². The van der Waals surface area contributed by atoms with Gasteiger partial charge in [-0.3, -0.25) is 4.79 Å². The monoisotopic (exact) mass is 296 g/mol. The highest BCUT2D eigenvalue weighted by Gasteiger charge is 2.32. The lowest BCUT2D eigenvalue weighted by molar-refractivity contribution is -0.143. The summed E-state index contributed by atoms with van der Waals surface area (Å²) in [7, 11) is 0. The first kappa shape index (κ1) is 13.6. The Morgan fingerprint density at radius 3 is 2.65 bits per heavy atom. The summed E-state index contributed by atoms with van der Waals surface area (Å²) in [6.45, 7) is 3.38. The lowest BCUT2D eigenvalue weighted by Gasteiger charge is -2.33. The number of likely N-dealkylation sites (tertiary alicyclic amines) is 1. The highest BCUT2D eigenvalue weighted by atomic mass is 35.5. The van der Waals surface area contributed by atoms with Gasteiger partial charge in [-0.25, -0.2) is 9.97 Å². The number of hydrogen-bond acceptors (Lipinski definition) is 5. The van der Waals surface area contributed by atoms with Crippen LogP contribution in [-0.4, -0.2) is 59.7 Å². The molecule has 2 aliphatic heterocycles. The number of rotatable bonds is 2. The van der Waals surface area contributed by atoms with E-state index in [-0.39, 0.29) is 5.91 Å². The molecule has 0 spiro atoms. The van der Waals surface area contributed by atoms with Crippen molar-refractivity contribution in [1.82, 2.24) is 14.9 Å².